The smallest absolute Gasteiger partial charge is 0.123 e. The monoisotopic (exact) mass is 367 g/mol. The minimum Gasteiger partial charge on any atom is -0.376 e. The Morgan fingerprint density at radius 1 is 1.04 bits per heavy atom. The molecule has 1 heterocycles. The summed E-state index contributed by atoms with van der Waals surface area (Å²) in [6, 6.07) is 8.33. The van der Waals surface area contributed by atoms with Crippen molar-refractivity contribution in [2.24, 2.45) is 5.92 Å². The van der Waals surface area contributed by atoms with Gasteiger partial charge in [0, 0.05) is 11.5 Å². The summed E-state index contributed by atoms with van der Waals surface area (Å²) in [4.78, 5) is 0. The van der Waals surface area contributed by atoms with Crippen molar-refractivity contribution in [1.29, 1.82) is 0 Å². The first-order valence-corrected chi connectivity index (χ1v) is 8.55. The van der Waals surface area contributed by atoms with Gasteiger partial charge in [-0.1, -0.05) is 59.1 Å². The summed E-state index contributed by atoms with van der Waals surface area (Å²) in [5.41, 5.74) is 2.82. The van der Waals surface area contributed by atoms with Crippen LogP contribution < -0.4 is 5.32 Å². The fourth-order valence-electron chi connectivity index (χ4n) is 3.66. The molecule has 0 radical (unpaired) electrons. The second-order valence-corrected chi connectivity index (χ2v) is 7.16. The molecule has 1 N–H and O–H groups in total. The van der Waals surface area contributed by atoms with E-state index in [0.717, 1.165) is 23.2 Å². The highest BCUT2D eigenvalue weighted by Crippen LogP contribution is 2.54. The zero-order valence-electron chi connectivity index (χ0n) is 12.0. The predicted octanol–water partition coefficient (Wildman–Crippen LogP) is 6.61. The molecule has 0 amide bonds. The number of fused-ring (bicyclic) bond motifs is 3. The average molecular weight is 369 g/mol. The van der Waals surface area contributed by atoms with Crippen molar-refractivity contribution >= 4 is 40.5 Å². The first-order chi connectivity index (χ1) is 11.1. The molecule has 0 fully saturated rings. The molecule has 23 heavy (non-hydrogen) atoms. The Labute approximate surface area is 149 Å². The largest absolute Gasteiger partial charge is 0.376 e. The van der Waals surface area contributed by atoms with Crippen LogP contribution in [0.2, 0.25) is 15.1 Å². The van der Waals surface area contributed by atoms with Gasteiger partial charge in [0.15, 0.2) is 0 Å². The van der Waals surface area contributed by atoms with Gasteiger partial charge in [0.2, 0.25) is 0 Å². The number of hydrogen-bond donors (Lipinski definition) is 1. The van der Waals surface area contributed by atoms with Crippen molar-refractivity contribution in [3.05, 3.63) is 74.5 Å². The van der Waals surface area contributed by atoms with E-state index in [1.54, 1.807) is 6.07 Å². The summed E-state index contributed by atoms with van der Waals surface area (Å²) in [6.07, 6.45) is 5.26. The lowest BCUT2D eigenvalue weighted by Gasteiger charge is -2.38. The van der Waals surface area contributed by atoms with Crippen molar-refractivity contribution in [3.63, 3.8) is 0 Å². The Bertz CT molecular complexity index is 801. The zero-order chi connectivity index (χ0) is 16.1. The normalized spacial score (nSPS) is 25.0. The number of anilines is 1. The van der Waals surface area contributed by atoms with Crippen LogP contribution in [0, 0.1) is 11.7 Å². The van der Waals surface area contributed by atoms with Gasteiger partial charge in [0.1, 0.15) is 5.82 Å². The predicted molar refractivity (Wildman–Crippen MR) is 94.2 cm³/mol. The van der Waals surface area contributed by atoms with Gasteiger partial charge >= 0.3 is 0 Å². The lowest BCUT2D eigenvalue weighted by molar-refractivity contribution is 0.425. The molecule has 118 valence electrons. The quantitative estimate of drug-likeness (QED) is 0.441. The second kappa shape index (κ2) is 5.70. The van der Waals surface area contributed by atoms with Gasteiger partial charge < -0.3 is 5.32 Å². The molecule has 1 aliphatic carbocycles. The van der Waals surface area contributed by atoms with Crippen LogP contribution in [0.4, 0.5) is 10.1 Å². The maximum atomic E-state index is 13.2. The molecule has 0 bridgehead atoms. The SMILES string of the molecule is Fc1ccc([C@@H]2Nc3c(Cl)cc(Cl)c(Cl)c3[C@@H]3C=CC[C@@H]32)cc1. The van der Waals surface area contributed by atoms with Crippen LogP contribution in [-0.2, 0) is 0 Å². The molecular formula is C18H13Cl3FN. The van der Waals surface area contributed by atoms with E-state index in [0.29, 0.717) is 21.0 Å². The lowest BCUT2D eigenvalue weighted by atomic mass is 9.77. The molecule has 1 nitrogen and oxygen atoms in total. The number of rotatable bonds is 1. The Balaban J connectivity index is 1.86. The highest BCUT2D eigenvalue weighted by Gasteiger charge is 2.40. The van der Waals surface area contributed by atoms with Crippen LogP contribution in [0.3, 0.4) is 0 Å². The summed E-state index contributed by atoms with van der Waals surface area (Å²) in [7, 11) is 0. The van der Waals surface area contributed by atoms with Gasteiger partial charge in [-0.05, 0) is 36.1 Å². The van der Waals surface area contributed by atoms with Gasteiger partial charge in [-0.3, -0.25) is 0 Å². The summed E-state index contributed by atoms with van der Waals surface area (Å²) in [5.74, 6) is 0.226. The molecule has 3 atom stereocenters. The van der Waals surface area contributed by atoms with Crippen molar-refractivity contribution in [3.8, 4) is 0 Å². The highest BCUT2D eigenvalue weighted by molar-refractivity contribution is 6.44. The Morgan fingerprint density at radius 3 is 2.52 bits per heavy atom. The van der Waals surface area contributed by atoms with E-state index in [4.69, 9.17) is 34.8 Å². The van der Waals surface area contributed by atoms with E-state index in [1.165, 1.54) is 12.1 Å². The van der Waals surface area contributed by atoms with Crippen LogP contribution in [-0.4, -0.2) is 0 Å². The van der Waals surface area contributed by atoms with E-state index in [1.807, 2.05) is 12.1 Å². The molecule has 0 unspecified atom stereocenters. The van der Waals surface area contributed by atoms with Gasteiger partial charge in [-0.2, -0.15) is 0 Å². The fraction of sp³-hybridized carbons (Fsp3) is 0.222. The van der Waals surface area contributed by atoms with Crippen LogP contribution in [0.25, 0.3) is 0 Å². The maximum absolute atomic E-state index is 13.2. The fourth-order valence-corrected chi connectivity index (χ4v) is 4.47. The van der Waals surface area contributed by atoms with Crippen molar-refractivity contribution in [2.75, 3.05) is 5.32 Å². The van der Waals surface area contributed by atoms with Crippen molar-refractivity contribution in [2.45, 2.75) is 18.4 Å². The first kappa shape index (κ1) is 15.3. The molecule has 2 aromatic rings. The van der Waals surface area contributed by atoms with Crippen molar-refractivity contribution < 1.29 is 4.39 Å². The van der Waals surface area contributed by atoms with E-state index < -0.39 is 0 Å². The highest BCUT2D eigenvalue weighted by atomic mass is 35.5. The summed E-state index contributed by atoms with van der Waals surface area (Å²) >= 11 is 19.1. The Morgan fingerprint density at radius 2 is 1.78 bits per heavy atom. The lowest BCUT2D eigenvalue weighted by Crippen LogP contribution is -2.29. The van der Waals surface area contributed by atoms with Crippen LogP contribution in [0.5, 0.6) is 0 Å². The first-order valence-electron chi connectivity index (χ1n) is 7.42. The van der Waals surface area contributed by atoms with E-state index in [9.17, 15) is 4.39 Å². The minimum atomic E-state index is -0.237. The molecule has 1 aliphatic heterocycles. The number of benzene rings is 2. The second-order valence-electron chi connectivity index (χ2n) is 5.97. The third kappa shape index (κ3) is 2.44. The minimum absolute atomic E-state index is 0.0536. The Hall–Kier alpha value is -1.22. The van der Waals surface area contributed by atoms with E-state index >= 15 is 0 Å². The number of allylic oxidation sites excluding steroid dienone is 2. The molecule has 0 saturated carbocycles. The van der Waals surface area contributed by atoms with Crippen LogP contribution in [0.15, 0.2) is 42.5 Å². The molecule has 4 rings (SSSR count). The summed E-state index contributed by atoms with van der Waals surface area (Å²) in [5, 5.41) is 5.08. The summed E-state index contributed by atoms with van der Waals surface area (Å²) < 4.78 is 13.2. The Kier molecular flexibility index (Phi) is 3.79. The topological polar surface area (TPSA) is 12.0 Å². The zero-order valence-corrected chi connectivity index (χ0v) is 14.3. The number of halogens is 4. The molecule has 0 saturated heterocycles. The molecule has 2 aromatic carbocycles. The van der Waals surface area contributed by atoms with Crippen LogP contribution in [0.1, 0.15) is 29.5 Å². The third-order valence-electron chi connectivity index (χ3n) is 4.71. The average Bonchev–Trinajstić information content (AvgIpc) is 3.02. The van der Waals surface area contributed by atoms with Gasteiger partial charge in [0.25, 0.3) is 0 Å². The third-order valence-corrected chi connectivity index (χ3v) is 5.81. The molecule has 5 heteroatoms. The molecular weight excluding hydrogens is 356 g/mol. The number of hydrogen-bond acceptors (Lipinski definition) is 1. The maximum Gasteiger partial charge on any atom is 0.123 e. The molecule has 0 spiro atoms. The molecule has 2 aliphatic rings. The number of nitrogens with one attached hydrogen (secondary N) is 1. The van der Waals surface area contributed by atoms with Gasteiger partial charge in [-0.25, -0.2) is 4.39 Å². The van der Waals surface area contributed by atoms with E-state index in [-0.39, 0.29) is 17.8 Å². The van der Waals surface area contributed by atoms with Crippen molar-refractivity contribution in [1.82, 2.24) is 0 Å². The van der Waals surface area contributed by atoms with Gasteiger partial charge in [-0.15, -0.1) is 0 Å². The van der Waals surface area contributed by atoms with Gasteiger partial charge in [0.05, 0.1) is 26.8 Å². The van der Waals surface area contributed by atoms with Crippen LogP contribution >= 0.6 is 34.8 Å². The standard InChI is InChI=1S/C18H13Cl3FN/c19-13-8-14(20)18-15(16(13)21)11-2-1-3-12(11)17(23-18)9-4-6-10(22)7-5-9/h1-2,4-8,11-12,17,23H,3H2/t11-,12+,17+/m1/s1. The summed E-state index contributed by atoms with van der Waals surface area (Å²) in [6.45, 7) is 0. The molecule has 0 aromatic heterocycles. The van der Waals surface area contributed by atoms with E-state index in [2.05, 4.69) is 17.5 Å².